The number of amides is 6. The van der Waals surface area contributed by atoms with Crippen LogP contribution in [0.15, 0.2) is 71.7 Å². The Morgan fingerprint density at radius 1 is 0.723 bits per heavy atom. The number of ether oxygens (including phenoxy) is 12. The molecule has 0 bridgehead atoms. The number of halogens is 2. The number of carboxylic acid groups (broad SMARTS) is 1. The second-order valence-corrected chi connectivity index (χ2v) is 27.3. The molecule has 9 rings (SSSR count). The van der Waals surface area contributed by atoms with Gasteiger partial charge in [-0.3, -0.25) is 38.5 Å². The van der Waals surface area contributed by atoms with Crippen LogP contribution in [0, 0.1) is 11.8 Å². The van der Waals surface area contributed by atoms with Gasteiger partial charge < -0.3 is 98.6 Å². The number of rotatable bonds is 49. The summed E-state index contributed by atoms with van der Waals surface area (Å²) in [7, 11) is 0. The molecular formula is C75H99Cl2N11O24. The molecule has 3 aliphatic heterocycles. The first kappa shape index (κ1) is 88.5. The summed E-state index contributed by atoms with van der Waals surface area (Å²) in [5.41, 5.74) is 8.52. The first-order valence-electron chi connectivity index (χ1n) is 37.2. The van der Waals surface area contributed by atoms with Crippen LogP contribution in [-0.4, -0.2) is 243 Å². The summed E-state index contributed by atoms with van der Waals surface area (Å²) in [4.78, 5) is 131. The van der Waals surface area contributed by atoms with Crippen molar-refractivity contribution in [2.75, 3.05) is 144 Å². The molecule has 1 saturated carbocycles. The summed E-state index contributed by atoms with van der Waals surface area (Å²) in [5, 5.41) is 38.1. The van der Waals surface area contributed by atoms with Gasteiger partial charge >= 0.3 is 18.1 Å². The summed E-state index contributed by atoms with van der Waals surface area (Å²) in [6.07, 6.45) is 8.10. The Bertz CT molecular complexity index is 4030. The Balaban J connectivity index is 0.00000252. The molecule has 0 radical (unpaired) electrons. The number of pyridine rings is 2. The van der Waals surface area contributed by atoms with E-state index in [1.54, 1.807) is 70.9 Å². The van der Waals surface area contributed by atoms with E-state index < -0.39 is 71.1 Å². The molecule has 35 nitrogen and oxygen atoms in total. The van der Waals surface area contributed by atoms with Crippen LogP contribution < -0.4 is 32.6 Å². The minimum absolute atomic E-state index is 0.0281. The molecule has 112 heavy (non-hydrogen) atoms. The number of unbranched alkanes of at least 4 members (excludes halogenated alkanes) is 1. The minimum atomic E-state index is -2.01. The zero-order valence-electron chi connectivity index (χ0n) is 62.8. The van der Waals surface area contributed by atoms with Crippen molar-refractivity contribution in [1.29, 1.82) is 0 Å². The van der Waals surface area contributed by atoms with Gasteiger partial charge in [-0.05, 0) is 118 Å². The SMILES string of the molecule is CCc1c2c(nc3ccc(O)cc13)-c1cc3c(c(=O)n1C2)COC(=O)[C@@]3(CC)OC(=O)OCc1ccc(NC(=O)[C@H](CCCCN)NC(=O)COCC(=O)NCCOCCOCCOCCOCCOCCOCCOCCOCCn2cc(CNC(=O)C3CCC(CN4C(=O)C=CC4=O)CC3)nn2)cc1.O=C(O)C(Cl)Cl. The highest BCUT2D eigenvalue weighted by molar-refractivity contribution is 6.52. The number of carbonyl (C=O) groups excluding carboxylic acids is 8. The first-order valence-corrected chi connectivity index (χ1v) is 38.1. The molecule has 6 amide bonds. The lowest BCUT2D eigenvalue weighted by Gasteiger charge is -2.35. The maximum atomic E-state index is 14.1. The number of nitrogens with zero attached hydrogens (tertiary/aromatic N) is 6. The summed E-state index contributed by atoms with van der Waals surface area (Å²) < 4.78 is 69.8. The number of carboxylic acids is 1. The number of aromatic hydroxyl groups is 1. The van der Waals surface area contributed by atoms with Gasteiger partial charge in [-0.25, -0.2) is 24.0 Å². The Kier molecular flexibility index (Phi) is 36.9. The van der Waals surface area contributed by atoms with Crippen molar-refractivity contribution in [1.82, 2.24) is 45.4 Å². The van der Waals surface area contributed by atoms with Crippen LogP contribution in [0.1, 0.15) is 98.7 Å². The average molecular weight is 1610 g/mol. The second-order valence-electron chi connectivity index (χ2n) is 26.2. The number of hydrogen-bond acceptors (Lipinski definition) is 27. The van der Waals surface area contributed by atoms with Gasteiger partial charge in [0, 0.05) is 53.4 Å². The monoisotopic (exact) mass is 1610 g/mol. The van der Waals surface area contributed by atoms with Crippen LogP contribution in [0.4, 0.5) is 10.5 Å². The third-order valence-corrected chi connectivity index (χ3v) is 18.8. The summed E-state index contributed by atoms with van der Waals surface area (Å²) >= 11 is 9.56. The van der Waals surface area contributed by atoms with Crippen molar-refractivity contribution >= 4 is 93.3 Å². The number of phenols is 1. The van der Waals surface area contributed by atoms with Crippen LogP contribution in [0.2, 0.25) is 0 Å². The van der Waals surface area contributed by atoms with E-state index in [9.17, 15) is 53.1 Å². The molecule has 3 aromatic heterocycles. The van der Waals surface area contributed by atoms with Crippen molar-refractivity contribution in [3.8, 4) is 17.1 Å². The van der Waals surface area contributed by atoms with Gasteiger partial charge in [-0.1, -0.05) is 54.4 Å². The zero-order chi connectivity index (χ0) is 80.2. The van der Waals surface area contributed by atoms with Crippen molar-refractivity contribution < 1.29 is 110 Å². The standard InChI is InChI=1S/C73H97N11O22.C2H2Cl2O2/c1-3-55-56-39-54(85)16-17-60(56)79-67-57(55)44-83-62(67)40-59-58(70(83)92)46-104-71(93)73(59,4-2)106-72(94)105-45-50-10-14-52(15-11-50)77-69(91)61(7-5-6-20-74)78-64(87)48-103-47-63(86)75-21-23-95-25-27-97-29-31-99-33-35-101-37-38-102-36-34-100-32-30-98-28-26-96-24-22-82-43-53(80-81-82)41-76-68(90)51-12-8-49(9-13-51)42-84-65(88)18-19-66(84)89;3-1(4)2(5)6/h10-11,14-19,39-40,43,49,51,61,85H,3-9,12-13,20-38,41-42,44-48,74H2,1-2H3,(H,75,86)(H,76,90)(H,77,91)(H,78,87);1H,(H,5,6)/t49?,51?,61-,73-;/m0./s1. The molecule has 6 heterocycles. The van der Waals surface area contributed by atoms with E-state index in [0.717, 1.165) is 29.4 Å². The summed E-state index contributed by atoms with van der Waals surface area (Å²) in [6, 6.07) is 12.0. The van der Waals surface area contributed by atoms with Gasteiger partial charge in [-0.2, -0.15) is 0 Å². The van der Waals surface area contributed by atoms with E-state index in [-0.39, 0.29) is 98.7 Å². The molecule has 2 aromatic carbocycles. The normalized spacial score (nSPS) is 16.4. The van der Waals surface area contributed by atoms with Gasteiger partial charge in [0.25, 0.3) is 17.4 Å². The number of benzene rings is 2. The Morgan fingerprint density at radius 3 is 1.91 bits per heavy atom. The lowest BCUT2D eigenvalue weighted by Crippen LogP contribution is -2.47. The molecule has 5 aromatic rings. The highest BCUT2D eigenvalue weighted by atomic mass is 35.5. The third kappa shape index (κ3) is 27.3. The Hall–Kier alpha value is -9.11. The molecular weight excluding hydrogens is 1510 g/mol. The summed E-state index contributed by atoms with van der Waals surface area (Å²) in [6.45, 7) is 10.2. The van der Waals surface area contributed by atoms with Gasteiger partial charge in [0.05, 0.1) is 154 Å². The molecule has 1 fully saturated rings. The van der Waals surface area contributed by atoms with Crippen molar-refractivity contribution in [3.63, 3.8) is 0 Å². The number of esters is 1. The predicted octanol–water partition coefficient (Wildman–Crippen LogP) is 4.04. The van der Waals surface area contributed by atoms with Gasteiger partial charge in [0.15, 0.2) is 0 Å². The Morgan fingerprint density at radius 2 is 1.32 bits per heavy atom. The minimum Gasteiger partial charge on any atom is -0.508 e. The lowest BCUT2D eigenvalue weighted by atomic mass is 9.81. The van der Waals surface area contributed by atoms with Gasteiger partial charge in [0.2, 0.25) is 34.1 Å². The topological polar surface area (TPSA) is 448 Å². The highest BCUT2D eigenvalue weighted by Gasteiger charge is 2.51. The van der Waals surface area contributed by atoms with E-state index in [1.165, 1.54) is 17.1 Å². The number of cyclic esters (lactones) is 1. The first-order chi connectivity index (χ1) is 54.2. The number of carbonyl (C=O) groups is 9. The van der Waals surface area contributed by atoms with Gasteiger partial charge in [-0.15, -0.1) is 5.10 Å². The van der Waals surface area contributed by atoms with E-state index in [2.05, 4.69) is 31.6 Å². The zero-order valence-corrected chi connectivity index (χ0v) is 64.3. The predicted molar refractivity (Wildman–Crippen MR) is 401 cm³/mol. The average Bonchev–Trinajstić information content (AvgIpc) is 1.68. The smallest absolute Gasteiger partial charge is 0.508 e. The van der Waals surface area contributed by atoms with Gasteiger partial charge in [0.1, 0.15) is 43.9 Å². The maximum Gasteiger partial charge on any atom is 0.510 e. The number of imide groups is 1. The molecule has 0 saturated heterocycles. The van der Waals surface area contributed by atoms with E-state index in [0.29, 0.717) is 185 Å². The molecule has 0 spiro atoms. The molecule has 0 unspecified atom stereocenters. The van der Waals surface area contributed by atoms with Crippen LogP contribution in [-0.2, 0) is 140 Å². The fourth-order valence-electron chi connectivity index (χ4n) is 12.6. The number of fused-ring (bicyclic) bond motifs is 5. The molecule has 1 aliphatic carbocycles. The van der Waals surface area contributed by atoms with Crippen molar-refractivity contribution in [3.05, 3.63) is 111 Å². The maximum absolute atomic E-state index is 14.1. The number of alkyl halides is 2. The number of nitrogens with two attached hydrogens (primary N) is 1. The number of nitrogens with one attached hydrogen (secondary N) is 4. The number of phenolic OH excluding ortho intramolecular Hbond substituents is 1. The van der Waals surface area contributed by atoms with Crippen LogP contribution >= 0.6 is 23.2 Å². The number of hydrogen-bond donors (Lipinski definition) is 7. The Labute approximate surface area is 656 Å². The fraction of sp³-hybridized carbons (Fsp3) is 0.560. The van der Waals surface area contributed by atoms with Crippen LogP contribution in [0.3, 0.4) is 0 Å². The third-order valence-electron chi connectivity index (χ3n) is 18.4. The molecule has 612 valence electrons. The van der Waals surface area contributed by atoms with E-state index in [1.807, 2.05) is 6.92 Å². The van der Waals surface area contributed by atoms with E-state index in [4.69, 9.17) is 95.9 Å². The fourth-order valence-corrected chi connectivity index (χ4v) is 12.6. The van der Waals surface area contributed by atoms with Crippen LogP contribution in [0.25, 0.3) is 22.3 Å². The molecule has 2 atom stereocenters. The summed E-state index contributed by atoms with van der Waals surface area (Å²) in [5.74, 6) is -4.04. The number of anilines is 1. The molecule has 37 heteroatoms. The van der Waals surface area contributed by atoms with Crippen LogP contribution in [0.5, 0.6) is 5.75 Å². The number of aromatic nitrogens is 5. The lowest BCUT2D eigenvalue weighted by molar-refractivity contribution is -0.175. The van der Waals surface area contributed by atoms with Crippen molar-refractivity contribution in [2.45, 2.75) is 121 Å². The largest absolute Gasteiger partial charge is 0.510 e. The van der Waals surface area contributed by atoms with Crippen molar-refractivity contribution in [2.24, 2.45) is 17.6 Å². The number of aryl methyl sites for hydroxylation is 1. The van der Waals surface area contributed by atoms with E-state index >= 15 is 0 Å². The molecule has 8 N–H and O–H groups in total. The second kappa shape index (κ2) is 46.8. The highest BCUT2D eigenvalue weighted by Crippen LogP contribution is 2.43. The number of aliphatic carboxylic acids is 1. The molecule has 4 aliphatic rings. The quantitative estimate of drug-likeness (QED) is 0.0123.